The fourth-order valence-corrected chi connectivity index (χ4v) is 3.55. The van der Waals surface area contributed by atoms with E-state index in [9.17, 15) is 13.2 Å². The lowest BCUT2D eigenvalue weighted by Gasteiger charge is -2.19. The van der Waals surface area contributed by atoms with Gasteiger partial charge in [0.2, 0.25) is 10.0 Å². The molecule has 0 spiro atoms. The third-order valence-electron chi connectivity index (χ3n) is 4.87. The Morgan fingerprint density at radius 2 is 1.56 bits per heavy atom. The van der Waals surface area contributed by atoms with Gasteiger partial charge in [-0.05, 0) is 73.7 Å². The summed E-state index contributed by atoms with van der Waals surface area (Å²) in [6, 6.07) is 18.3. The highest BCUT2D eigenvalue weighted by Gasteiger charge is 2.18. The predicted molar refractivity (Wildman–Crippen MR) is 133 cm³/mol. The molecule has 10 heteroatoms. The van der Waals surface area contributed by atoms with Crippen molar-refractivity contribution in [3.8, 4) is 23.0 Å². The van der Waals surface area contributed by atoms with Crippen LogP contribution >= 0.6 is 11.6 Å². The molecule has 0 aliphatic heterocycles. The highest BCUT2D eigenvalue weighted by molar-refractivity contribution is 7.92. The van der Waals surface area contributed by atoms with Crippen LogP contribution in [0.1, 0.15) is 6.92 Å². The molecule has 0 aromatic heterocycles. The summed E-state index contributed by atoms with van der Waals surface area (Å²) in [4.78, 5) is 12.8. The maximum Gasteiger partial charge on any atom is 0.265 e. The molecule has 0 fully saturated rings. The van der Waals surface area contributed by atoms with E-state index in [0.717, 1.165) is 10.6 Å². The van der Waals surface area contributed by atoms with Crippen molar-refractivity contribution in [1.82, 2.24) is 0 Å². The van der Waals surface area contributed by atoms with Crippen LogP contribution in [0.15, 0.2) is 66.7 Å². The molecule has 0 saturated carbocycles. The maximum atomic E-state index is 12.8. The predicted octanol–water partition coefficient (Wildman–Crippen LogP) is 4.94. The summed E-state index contributed by atoms with van der Waals surface area (Å²) in [5, 5.41) is 3.21. The van der Waals surface area contributed by atoms with Crippen molar-refractivity contribution in [1.29, 1.82) is 0 Å². The standard InChI is InChI=1S/C24H25ClN2O6S/c1-16(32-20-8-6-18(7-9-20)27(2)34(4,29)30)24(28)26-22-15-17(25)5-14-23(22)33-21-12-10-19(31-3)11-13-21/h5-16H,1-4H3,(H,26,28)/t16-/m0/s1. The zero-order chi connectivity index (χ0) is 24.9. The summed E-state index contributed by atoms with van der Waals surface area (Å²) in [7, 11) is -0.340. The topological polar surface area (TPSA) is 94.2 Å². The monoisotopic (exact) mass is 504 g/mol. The SMILES string of the molecule is COc1ccc(Oc2ccc(Cl)cc2NC(=O)[C@H](C)Oc2ccc(N(C)S(C)(=O)=O)cc2)cc1. The van der Waals surface area contributed by atoms with Crippen LogP contribution in [0.25, 0.3) is 0 Å². The van der Waals surface area contributed by atoms with Gasteiger partial charge in [-0.3, -0.25) is 9.10 Å². The molecule has 1 N–H and O–H groups in total. The van der Waals surface area contributed by atoms with Crippen molar-refractivity contribution < 1.29 is 27.4 Å². The number of nitrogens with zero attached hydrogens (tertiary/aromatic N) is 1. The Bertz CT molecular complexity index is 1250. The number of sulfonamides is 1. The first kappa shape index (κ1) is 25.2. The van der Waals surface area contributed by atoms with E-state index in [0.29, 0.717) is 39.4 Å². The van der Waals surface area contributed by atoms with Gasteiger partial charge in [-0.2, -0.15) is 0 Å². The van der Waals surface area contributed by atoms with Crippen molar-refractivity contribution in [2.24, 2.45) is 0 Å². The van der Waals surface area contributed by atoms with E-state index in [2.05, 4.69) is 5.32 Å². The highest BCUT2D eigenvalue weighted by atomic mass is 35.5. The Kier molecular flexibility index (Phi) is 7.90. The number of carbonyl (C=O) groups excluding carboxylic acids is 1. The van der Waals surface area contributed by atoms with E-state index in [1.165, 1.54) is 7.05 Å². The van der Waals surface area contributed by atoms with Gasteiger partial charge >= 0.3 is 0 Å². The Balaban J connectivity index is 1.69. The quantitative estimate of drug-likeness (QED) is 0.443. The molecule has 34 heavy (non-hydrogen) atoms. The molecule has 0 radical (unpaired) electrons. The first-order valence-corrected chi connectivity index (χ1v) is 12.4. The van der Waals surface area contributed by atoms with Crippen LogP contribution in [-0.2, 0) is 14.8 Å². The molecule has 3 aromatic rings. The number of methoxy groups -OCH3 is 1. The van der Waals surface area contributed by atoms with Crippen LogP contribution in [0, 0.1) is 0 Å². The van der Waals surface area contributed by atoms with Crippen molar-refractivity contribution in [3.63, 3.8) is 0 Å². The van der Waals surface area contributed by atoms with E-state index in [1.54, 1.807) is 80.8 Å². The fraction of sp³-hybridized carbons (Fsp3) is 0.208. The summed E-state index contributed by atoms with van der Waals surface area (Å²) in [6.45, 7) is 1.60. The molecule has 0 bridgehead atoms. The number of ether oxygens (including phenoxy) is 3. The van der Waals surface area contributed by atoms with Gasteiger partial charge in [0.1, 0.15) is 17.2 Å². The van der Waals surface area contributed by atoms with Crippen molar-refractivity contribution in [2.75, 3.05) is 30.0 Å². The molecular formula is C24H25ClN2O6S. The number of hydrogen-bond acceptors (Lipinski definition) is 6. The number of nitrogens with one attached hydrogen (secondary N) is 1. The van der Waals surface area contributed by atoms with Crippen LogP contribution in [-0.4, -0.2) is 40.8 Å². The number of carbonyl (C=O) groups is 1. The fourth-order valence-electron chi connectivity index (χ4n) is 2.88. The van der Waals surface area contributed by atoms with Gasteiger partial charge in [-0.15, -0.1) is 0 Å². The Morgan fingerprint density at radius 3 is 2.15 bits per heavy atom. The van der Waals surface area contributed by atoms with Crippen LogP contribution in [0.2, 0.25) is 5.02 Å². The lowest BCUT2D eigenvalue weighted by Crippen LogP contribution is -2.30. The number of rotatable bonds is 9. The molecule has 0 aliphatic carbocycles. The van der Waals surface area contributed by atoms with E-state index >= 15 is 0 Å². The van der Waals surface area contributed by atoms with Gasteiger partial charge in [0.25, 0.3) is 5.91 Å². The second-order valence-corrected chi connectivity index (χ2v) is 9.84. The van der Waals surface area contributed by atoms with Gasteiger partial charge in [0.15, 0.2) is 11.9 Å². The summed E-state index contributed by atoms with van der Waals surface area (Å²) in [5.74, 6) is 1.65. The first-order chi connectivity index (χ1) is 16.1. The molecule has 0 aliphatic rings. The van der Waals surface area contributed by atoms with E-state index in [1.807, 2.05) is 0 Å². The second kappa shape index (κ2) is 10.7. The minimum absolute atomic E-state index is 0.383. The summed E-state index contributed by atoms with van der Waals surface area (Å²) >= 11 is 6.12. The van der Waals surface area contributed by atoms with Gasteiger partial charge in [-0.25, -0.2) is 8.42 Å². The third kappa shape index (κ3) is 6.55. The summed E-state index contributed by atoms with van der Waals surface area (Å²) in [5.41, 5.74) is 0.861. The number of benzene rings is 3. The molecular weight excluding hydrogens is 480 g/mol. The largest absolute Gasteiger partial charge is 0.497 e. The van der Waals surface area contributed by atoms with Crippen molar-refractivity contribution in [2.45, 2.75) is 13.0 Å². The summed E-state index contributed by atoms with van der Waals surface area (Å²) in [6.07, 6.45) is 0.262. The summed E-state index contributed by atoms with van der Waals surface area (Å²) < 4.78 is 41.3. The average molecular weight is 505 g/mol. The molecule has 1 amide bonds. The van der Waals surface area contributed by atoms with E-state index in [-0.39, 0.29) is 0 Å². The van der Waals surface area contributed by atoms with E-state index < -0.39 is 22.0 Å². The van der Waals surface area contributed by atoms with Crippen LogP contribution in [0.5, 0.6) is 23.0 Å². The molecule has 3 rings (SSSR count). The Morgan fingerprint density at radius 1 is 0.971 bits per heavy atom. The number of hydrogen-bond donors (Lipinski definition) is 1. The minimum atomic E-state index is -3.37. The lowest BCUT2D eigenvalue weighted by molar-refractivity contribution is -0.122. The maximum absolute atomic E-state index is 12.8. The van der Waals surface area contributed by atoms with Crippen LogP contribution < -0.4 is 23.8 Å². The third-order valence-corrected chi connectivity index (χ3v) is 6.31. The number of anilines is 2. The second-order valence-electron chi connectivity index (χ2n) is 7.39. The first-order valence-electron chi connectivity index (χ1n) is 10.2. The Hall–Kier alpha value is -3.43. The van der Waals surface area contributed by atoms with E-state index in [4.69, 9.17) is 25.8 Å². The number of amides is 1. The van der Waals surface area contributed by atoms with Crippen molar-refractivity contribution in [3.05, 3.63) is 71.8 Å². The Labute approximate surface area is 204 Å². The normalized spacial score (nSPS) is 11.9. The van der Waals surface area contributed by atoms with Gasteiger partial charge in [-0.1, -0.05) is 11.6 Å². The molecule has 3 aromatic carbocycles. The molecule has 8 nitrogen and oxygen atoms in total. The highest BCUT2D eigenvalue weighted by Crippen LogP contribution is 2.33. The molecule has 1 atom stereocenters. The molecule has 0 unspecified atom stereocenters. The zero-order valence-corrected chi connectivity index (χ0v) is 20.7. The van der Waals surface area contributed by atoms with Crippen LogP contribution in [0.4, 0.5) is 11.4 Å². The van der Waals surface area contributed by atoms with Gasteiger partial charge < -0.3 is 19.5 Å². The smallest absolute Gasteiger partial charge is 0.265 e. The van der Waals surface area contributed by atoms with Crippen LogP contribution in [0.3, 0.4) is 0 Å². The zero-order valence-electron chi connectivity index (χ0n) is 19.1. The van der Waals surface area contributed by atoms with Gasteiger partial charge in [0.05, 0.1) is 24.7 Å². The molecule has 180 valence electrons. The lowest BCUT2D eigenvalue weighted by atomic mass is 10.2. The van der Waals surface area contributed by atoms with Crippen molar-refractivity contribution >= 4 is 38.9 Å². The average Bonchev–Trinajstić information content (AvgIpc) is 2.80. The molecule has 0 heterocycles. The number of halogens is 1. The van der Waals surface area contributed by atoms with Gasteiger partial charge in [0, 0.05) is 12.1 Å². The molecule has 0 saturated heterocycles. The minimum Gasteiger partial charge on any atom is -0.497 e.